The van der Waals surface area contributed by atoms with Gasteiger partial charge in [-0.05, 0) is 55.0 Å². The normalized spacial score (nSPS) is 20.8. The first-order valence-corrected chi connectivity index (χ1v) is 7.48. The van der Waals surface area contributed by atoms with Gasteiger partial charge in [-0.15, -0.1) is 0 Å². The van der Waals surface area contributed by atoms with Gasteiger partial charge in [0.2, 0.25) is 0 Å². The first-order chi connectivity index (χ1) is 9.37. The molecule has 0 aliphatic heterocycles. The van der Waals surface area contributed by atoms with Crippen LogP contribution in [0.1, 0.15) is 43.3 Å². The molecule has 0 amide bonds. The van der Waals surface area contributed by atoms with E-state index in [-0.39, 0.29) is 11.5 Å². The van der Waals surface area contributed by atoms with Gasteiger partial charge >= 0.3 is 0 Å². The fraction of sp³-hybridized carbons (Fsp3) is 0.412. The largest absolute Gasteiger partial charge is 0.324 e. The minimum atomic E-state index is 0.132. The van der Waals surface area contributed by atoms with Gasteiger partial charge in [0.1, 0.15) is 0 Å². The van der Waals surface area contributed by atoms with Crippen LogP contribution < -0.4 is 5.73 Å². The number of aryl methyl sites for hydroxylation is 1. The monoisotopic (exact) mass is 288 g/mol. The summed E-state index contributed by atoms with van der Waals surface area (Å²) in [5.74, 6) is 0. The molecule has 2 N–H and O–H groups in total. The molecule has 1 unspecified atom stereocenters. The van der Waals surface area contributed by atoms with E-state index in [1.807, 2.05) is 18.2 Å². The van der Waals surface area contributed by atoms with E-state index in [0.717, 1.165) is 23.6 Å². The summed E-state index contributed by atoms with van der Waals surface area (Å²) >= 11 is 6.14. The molecule has 2 aromatic rings. The van der Waals surface area contributed by atoms with Crippen molar-refractivity contribution in [3.05, 3.63) is 52.3 Å². The third-order valence-corrected chi connectivity index (χ3v) is 4.44. The maximum absolute atomic E-state index is 6.37. The highest BCUT2D eigenvalue weighted by molar-refractivity contribution is 6.30. The Balaban J connectivity index is 2.19. The minimum absolute atomic E-state index is 0.132. The number of aromatic nitrogens is 1. The summed E-state index contributed by atoms with van der Waals surface area (Å²) in [6.07, 6.45) is 2.09. The van der Waals surface area contributed by atoms with Crippen molar-refractivity contribution in [3.8, 4) is 5.69 Å². The van der Waals surface area contributed by atoms with Crippen LogP contribution in [-0.2, 0) is 6.42 Å². The van der Waals surface area contributed by atoms with Crippen molar-refractivity contribution in [2.24, 2.45) is 11.1 Å². The molecule has 0 saturated heterocycles. The minimum Gasteiger partial charge on any atom is -0.324 e. The van der Waals surface area contributed by atoms with Gasteiger partial charge < -0.3 is 10.3 Å². The summed E-state index contributed by atoms with van der Waals surface area (Å²) < 4.78 is 2.31. The highest BCUT2D eigenvalue weighted by atomic mass is 35.5. The first kappa shape index (κ1) is 13.7. The Labute approximate surface area is 125 Å². The summed E-state index contributed by atoms with van der Waals surface area (Å²) in [4.78, 5) is 0. The Morgan fingerprint density at radius 1 is 1.30 bits per heavy atom. The number of nitrogens with two attached hydrogens (primary N) is 1. The van der Waals surface area contributed by atoms with Gasteiger partial charge in [-0.25, -0.2) is 0 Å². The lowest BCUT2D eigenvalue weighted by Crippen LogP contribution is -2.30. The number of halogens is 1. The summed E-state index contributed by atoms with van der Waals surface area (Å²) in [7, 11) is 0. The SMILES string of the molecule is Cc1cc2c(n1-c1cccc(Cl)c1)CC(C)(C)CC2N. The lowest BCUT2D eigenvalue weighted by Gasteiger charge is -2.34. The second-order valence-corrected chi connectivity index (χ2v) is 7.09. The van der Waals surface area contributed by atoms with Gasteiger partial charge in [0, 0.05) is 28.1 Å². The Hall–Kier alpha value is -1.25. The second kappa shape index (κ2) is 4.64. The maximum Gasteiger partial charge on any atom is 0.0469 e. The predicted octanol–water partition coefficient (Wildman–Crippen LogP) is 4.41. The van der Waals surface area contributed by atoms with Crippen LogP contribution >= 0.6 is 11.6 Å². The smallest absolute Gasteiger partial charge is 0.0469 e. The fourth-order valence-electron chi connectivity index (χ4n) is 3.42. The summed E-state index contributed by atoms with van der Waals surface area (Å²) in [6, 6.07) is 10.4. The van der Waals surface area contributed by atoms with Crippen molar-refractivity contribution < 1.29 is 0 Å². The van der Waals surface area contributed by atoms with Gasteiger partial charge in [0.05, 0.1) is 0 Å². The van der Waals surface area contributed by atoms with Crippen LogP contribution in [0.2, 0.25) is 5.02 Å². The van der Waals surface area contributed by atoms with Crippen LogP contribution in [0, 0.1) is 12.3 Å². The highest BCUT2D eigenvalue weighted by Crippen LogP contribution is 2.41. The molecule has 3 rings (SSSR count). The molecule has 2 nitrogen and oxygen atoms in total. The molecule has 1 aliphatic rings. The average molecular weight is 289 g/mol. The molecule has 0 saturated carbocycles. The molecule has 1 atom stereocenters. The number of hydrogen-bond acceptors (Lipinski definition) is 1. The van der Waals surface area contributed by atoms with E-state index in [4.69, 9.17) is 17.3 Å². The molecule has 106 valence electrons. The van der Waals surface area contributed by atoms with Gasteiger partial charge in [0.15, 0.2) is 0 Å². The van der Waals surface area contributed by atoms with Crippen molar-refractivity contribution in [1.82, 2.24) is 4.57 Å². The summed E-state index contributed by atoms with van der Waals surface area (Å²) in [5.41, 5.74) is 11.6. The van der Waals surface area contributed by atoms with Crippen molar-refractivity contribution >= 4 is 11.6 Å². The van der Waals surface area contributed by atoms with Crippen LogP contribution in [0.15, 0.2) is 30.3 Å². The Morgan fingerprint density at radius 2 is 2.05 bits per heavy atom. The molecule has 3 heteroatoms. The molecule has 0 fully saturated rings. The van der Waals surface area contributed by atoms with Crippen molar-refractivity contribution in [2.45, 2.75) is 39.7 Å². The molecule has 0 bridgehead atoms. The zero-order valence-electron chi connectivity index (χ0n) is 12.3. The zero-order chi connectivity index (χ0) is 14.5. The number of benzene rings is 1. The number of nitrogens with zero attached hydrogens (tertiary/aromatic N) is 1. The molecular weight excluding hydrogens is 268 g/mol. The Kier molecular flexibility index (Phi) is 3.19. The number of fused-ring (bicyclic) bond motifs is 1. The molecular formula is C17H21ClN2. The maximum atomic E-state index is 6.37. The van der Waals surface area contributed by atoms with Crippen LogP contribution in [0.3, 0.4) is 0 Å². The van der Waals surface area contributed by atoms with Crippen LogP contribution in [0.25, 0.3) is 5.69 Å². The summed E-state index contributed by atoms with van der Waals surface area (Å²) in [6.45, 7) is 6.72. The van der Waals surface area contributed by atoms with E-state index in [2.05, 4.69) is 37.5 Å². The number of rotatable bonds is 1. The molecule has 1 aromatic carbocycles. The third kappa shape index (κ3) is 2.27. The van der Waals surface area contributed by atoms with Crippen LogP contribution in [0.5, 0.6) is 0 Å². The van der Waals surface area contributed by atoms with Gasteiger partial charge in [-0.3, -0.25) is 0 Å². The van der Waals surface area contributed by atoms with E-state index in [0.29, 0.717) is 0 Å². The third-order valence-electron chi connectivity index (χ3n) is 4.20. The summed E-state index contributed by atoms with van der Waals surface area (Å²) in [5, 5.41) is 0.767. The topological polar surface area (TPSA) is 30.9 Å². The molecule has 0 radical (unpaired) electrons. The number of hydrogen-bond donors (Lipinski definition) is 1. The molecule has 1 heterocycles. The quantitative estimate of drug-likeness (QED) is 0.828. The van der Waals surface area contributed by atoms with Gasteiger partial charge in [0.25, 0.3) is 0 Å². The first-order valence-electron chi connectivity index (χ1n) is 7.10. The van der Waals surface area contributed by atoms with E-state index < -0.39 is 0 Å². The van der Waals surface area contributed by atoms with E-state index >= 15 is 0 Å². The second-order valence-electron chi connectivity index (χ2n) is 6.65. The molecule has 1 aromatic heterocycles. The van der Waals surface area contributed by atoms with Gasteiger partial charge in [-0.1, -0.05) is 31.5 Å². The van der Waals surface area contributed by atoms with Crippen molar-refractivity contribution in [3.63, 3.8) is 0 Å². The average Bonchev–Trinajstić information content (AvgIpc) is 2.64. The predicted molar refractivity (Wildman–Crippen MR) is 84.5 cm³/mol. The van der Waals surface area contributed by atoms with Gasteiger partial charge in [-0.2, -0.15) is 0 Å². The Bertz CT molecular complexity index is 655. The van der Waals surface area contributed by atoms with Crippen LogP contribution in [0.4, 0.5) is 0 Å². The lowest BCUT2D eigenvalue weighted by atomic mass is 9.74. The lowest BCUT2D eigenvalue weighted by molar-refractivity contribution is 0.278. The molecule has 1 aliphatic carbocycles. The van der Waals surface area contributed by atoms with E-state index in [1.165, 1.54) is 17.0 Å². The van der Waals surface area contributed by atoms with Crippen molar-refractivity contribution in [1.29, 1.82) is 0 Å². The molecule has 0 spiro atoms. The standard InChI is InChI=1S/C17H21ClN2/c1-11-7-14-15(19)9-17(2,3)10-16(14)20(11)13-6-4-5-12(18)8-13/h4-8,15H,9-10,19H2,1-3H3. The van der Waals surface area contributed by atoms with E-state index in [1.54, 1.807) is 0 Å². The Morgan fingerprint density at radius 3 is 2.75 bits per heavy atom. The highest BCUT2D eigenvalue weighted by Gasteiger charge is 2.33. The molecule has 20 heavy (non-hydrogen) atoms. The van der Waals surface area contributed by atoms with Crippen molar-refractivity contribution in [2.75, 3.05) is 0 Å². The van der Waals surface area contributed by atoms with Crippen LogP contribution in [-0.4, -0.2) is 4.57 Å². The van der Waals surface area contributed by atoms with E-state index in [9.17, 15) is 0 Å². The fourth-order valence-corrected chi connectivity index (χ4v) is 3.61. The zero-order valence-corrected chi connectivity index (χ0v) is 13.0.